The molecular weight excluding hydrogens is 492 g/mol. The summed E-state index contributed by atoms with van der Waals surface area (Å²) in [5, 5.41) is 0. The number of aromatic nitrogens is 4. The number of nitrogens with zero attached hydrogens (tertiary/aromatic N) is 4. The van der Waals surface area contributed by atoms with Crippen LogP contribution >= 0.6 is 0 Å². The van der Waals surface area contributed by atoms with Gasteiger partial charge in [0.1, 0.15) is 18.0 Å². The average Bonchev–Trinajstić information content (AvgIpc) is 3.61. The van der Waals surface area contributed by atoms with Gasteiger partial charge in [-0.05, 0) is 49.4 Å². The number of hydrogen-bond donors (Lipinski definition) is 2. The van der Waals surface area contributed by atoms with Crippen LogP contribution in [0.3, 0.4) is 0 Å². The van der Waals surface area contributed by atoms with Crippen molar-refractivity contribution in [3.63, 3.8) is 0 Å². The van der Waals surface area contributed by atoms with Crippen LogP contribution in [0, 0.1) is 0 Å². The second-order valence-corrected chi connectivity index (χ2v) is 10.6. The van der Waals surface area contributed by atoms with Gasteiger partial charge in [0.25, 0.3) is 0 Å². The molecule has 0 unspecified atom stereocenters. The molecule has 2 heterocycles. The molecule has 0 spiro atoms. The van der Waals surface area contributed by atoms with Gasteiger partial charge < -0.3 is 24.5 Å². The lowest BCUT2D eigenvalue weighted by Crippen LogP contribution is -2.41. The maximum atomic E-state index is 12.5. The fourth-order valence-corrected chi connectivity index (χ4v) is 4.07. The SMILES string of the molecule is CN(CCCc1ncc(-c2ccc(-c3ccc(-c4cnc[nH]4)cc3)cc2)[nH]1)C(=O)CN(C)C(=O)OC(C)(C)C. The number of ether oxygens (including phenoxy) is 1. The van der Waals surface area contributed by atoms with Crippen LogP contribution in [-0.4, -0.2) is 74.5 Å². The number of amides is 2. The van der Waals surface area contributed by atoms with Crippen molar-refractivity contribution < 1.29 is 14.3 Å². The molecule has 39 heavy (non-hydrogen) atoms. The zero-order valence-corrected chi connectivity index (χ0v) is 23.2. The van der Waals surface area contributed by atoms with E-state index in [9.17, 15) is 9.59 Å². The van der Waals surface area contributed by atoms with E-state index in [0.717, 1.165) is 45.9 Å². The predicted molar refractivity (Wildman–Crippen MR) is 152 cm³/mol. The second-order valence-electron chi connectivity index (χ2n) is 10.6. The summed E-state index contributed by atoms with van der Waals surface area (Å²) in [4.78, 5) is 42.6. The zero-order valence-electron chi connectivity index (χ0n) is 23.2. The van der Waals surface area contributed by atoms with Crippen molar-refractivity contribution in [3.05, 3.63) is 73.1 Å². The van der Waals surface area contributed by atoms with Gasteiger partial charge in [-0.25, -0.2) is 14.8 Å². The minimum atomic E-state index is -0.599. The standard InChI is InChI=1S/C30H36N6O3/c1-30(2,3)39-29(38)36(5)19-28(37)35(4)16-6-7-27-32-18-26(34-27)24-14-10-22(11-15-24)21-8-12-23(13-9-21)25-17-31-20-33-25/h8-15,17-18,20H,6-7,16,19H2,1-5H3,(H,31,33)(H,32,34). The van der Waals surface area contributed by atoms with Gasteiger partial charge in [0.05, 0.1) is 30.1 Å². The Morgan fingerprint density at radius 1 is 0.846 bits per heavy atom. The highest BCUT2D eigenvalue weighted by atomic mass is 16.6. The number of hydrogen-bond acceptors (Lipinski definition) is 5. The molecule has 4 rings (SSSR count). The monoisotopic (exact) mass is 528 g/mol. The van der Waals surface area contributed by atoms with Crippen molar-refractivity contribution in [3.8, 4) is 33.6 Å². The van der Waals surface area contributed by atoms with Crippen molar-refractivity contribution in [2.24, 2.45) is 0 Å². The molecule has 0 fully saturated rings. The molecule has 0 bridgehead atoms. The minimum absolute atomic E-state index is 0.0271. The summed E-state index contributed by atoms with van der Waals surface area (Å²) in [6.45, 7) is 5.92. The first-order valence-electron chi connectivity index (χ1n) is 13.0. The molecule has 0 aliphatic heterocycles. The van der Waals surface area contributed by atoms with Crippen molar-refractivity contribution in [1.29, 1.82) is 0 Å². The first-order chi connectivity index (χ1) is 18.6. The van der Waals surface area contributed by atoms with Gasteiger partial charge in [-0.15, -0.1) is 0 Å². The highest BCUT2D eigenvalue weighted by Crippen LogP contribution is 2.26. The molecule has 0 aliphatic carbocycles. The molecule has 9 heteroatoms. The second kappa shape index (κ2) is 12.0. The van der Waals surface area contributed by atoms with Crippen molar-refractivity contribution in [2.75, 3.05) is 27.2 Å². The Balaban J connectivity index is 1.26. The van der Waals surface area contributed by atoms with Crippen LogP contribution < -0.4 is 0 Å². The molecule has 2 N–H and O–H groups in total. The summed E-state index contributed by atoms with van der Waals surface area (Å²) in [5.74, 6) is 0.731. The third-order valence-corrected chi connectivity index (χ3v) is 6.26. The van der Waals surface area contributed by atoms with Crippen LogP contribution in [0.4, 0.5) is 4.79 Å². The highest BCUT2D eigenvalue weighted by Gasteiger charge is 2.22. The third kappa shape index (κ3) is 7.56. The quantitative estimate of drug-likeness (QED) is 0.303. The van der Waals surface area contributed by atoms with E-state index < -0.39 is 11.7 Å². The van der Waals surface area contributed by atoms with E-state index in [-0.39, 0.29) is 12.5 Å². The number of H-pyrrole nitrogens is 2. The Kier molecular flexibility index (Phi) is 8.49. The average molecular weight is 529 g/mol. The van der Waals surface area contributed by atoms with Gasteiger partial charge in [0.2, 0.25) is 5.91 Å². The Labute approximate surface area is 229 Å². The van der Waals surface area contributed by atoms with Crippen molar-refractivity contribution in [2.45, 2.75) is 39.2 Å². The third-order valence-electron chi connectivity index (χ3n) is 6.26. The van der Waals surface area contributed by atoms with E-state index in [1.165, 1.54) is 4.90 Å². The molecule has 9 nitrogen and oxygen atoms in total. The van der Waals surface area contributed by atoms with Crippen LogP contribution in [0.15, 0.2) is 67.3 Å². The van der Waals surface area contributed by atoms with E-state index in [1.54, 1.807) is 46.1 Å². The molecule has 0 atom stereocenters. The number of carbonyl (C=O) groups is 2. The number of nitrogens with one attached hydrogen (secondary N) is 2. The number of imidazole rings is 2. The van der Waals surface area contributed by atoms with Crippen LogP contribution in [0.25, 0.3) is 33.6 Å². The predicted octanol–water partition coefficient (Wildman–Crippen LogP) is 5.39. The van der Waals surface area contributed by atoms with Crippen LogP contribution in [0.2, 0.25) is 0 Å². The van der Waals surface area contributed by atoms with E-state index in [4.69, 9.17) is 4.74 Å². The van der Waals surface area contributed by atoms with Crippen molar-refractivity contribution >= 4 is 12.0 Å². The van der Waals surface area contributed by atoms with Crippen LogP contribution in [0.5, 0.6) is 0 Å². The number of aromatic amines is 2. The first kappa shape index (κ1) is 27.6. The smallest absolute Gasteiger partial charge is 0.410 e. The van der Waals surface area contributed by atoms with Crippen LogP contribution in [-0.2, 0) is 16.0 Å². The molecule has 0 saturated carbocycles. The minimum Gasteiger partial charge on any atom is -0.444 e. The van der Waals surface area contributed by atoms with E-state index in [1.807, 2.05) is 12.4 Å². The Hall–Kier alpha value is -4.40. The van der Waals surface area contributed by atoms with Gasteiger partial charge in [-0.1, -0.05) is 48.5 Å². The first-order valence-corrected chi connectivity index (χ1v) is 13.0. The summed E-state index contributed by atoms with van der Waals surface area (Å²) < 4.78 is 5.30. The summed E-state index contributed by atoms with van der Waals surface area (Å²) in [6.07, 6.45) is 6.28. The topological polar surface area (TPSA) is 107 Å². The van der Waals surface area contributed by atoms with Crippen LogP contribution in [0.1, 0.15) is 33.0 Å². The zero-order chi connectivity index (χ0) is 28.0. The fraction of sp³-hybridized carbons (Fsp3) is 0.333. The Morgan fingerprint density at radius 3 is 2.00 bits per heavy atom. The van der Waals surface area contributed by atoms with Gasteiger partial charge >= 0.3 is 6.09 Å². The van der Waals surface area contributed by atoms with E-state index in [2.05, 4.69) is 68.5 Å². The highest BCUT2D eigenvalue weighted by molar-refractivity contribution is 5.82. The maximum absolute atomic E-state index is 12.5. The number of aryl methyl sites for hydroxylation is 1. The lowest BCUT2D eigenvalue weighted by Gasteiger charge is -2.26. The lowest BCUT2D eigenvalue weighted by molar-refractivity contribution is -0.130. The summed E-state index contributed by atoms with van der Waals surface area (Å²) in [5.41, 5.74) is 5.79. The Bertz CT molecular complexity index is 1370. The van der Waals surface area contributed by atoms with E-state index >= 15 is 0 Å². The summed E-state index contributed by atoms with van der Waals surface area (Å²) in [6, 6.07) is 16.8. The lowest BCUT2D eigenvalue weighted by atomic mass is 10.0. The van der Waals surface area contributed by atoms with Crippen molar-refractivity contribution in [1.82, 2.24) is 29.7 Å². The molecule has 4 aromatic rings. The van der Waals surface area contributed by atoms with Gasteiger partial charge in [0.15, 0.2) is 0 Å². The number of likely N-dealkylation sites (N-methyl/N-ethyl adjacent to an activating group) is 2. The molecular formula is C30H36N6O3. The number of rotatable bonds is 9. The Morgan fingerprint density at radius 2 is 1.44 bits per heavy atom. The fourth-order valence-electron chi connectivity index (χ4n) is 4.07. The molecule has 204 valence electrons. The molecule has 0 radical (unpaired) electrons. The largest absolute Gasteiger partial charge is 0.444 e. The van der Waals surface area contributed by atoms with Gasteiger partial charge in [-0.2, -0.15) is 0 Å². The molecule has 2 amide bonds. The molecule has 2 aromatic carbocycles. The number of carbonyl (C=O) groups excluding carboxylic acids is 2. The molecule has 2 aromatic heterocycles. The maximum Gasteiger partial charge on any atom is 0.410 e. The van der Waals surface area contributed by atoms with Gasteiger partial charge in [0, 0.05) is 27.1 Å². The summed E-state index contributed by atoms with van der Waals surface area (Å²) in [7, 11) is 3.31. The molecule has 0 saturated heterocycles. The summed E-state index contributed by atoms with van der Waals surface area (Å²) >= 11 is 0. The normalized spacial score (nSPS) is 11.3. The number of benzene rings is 2. The van der Waals surface area contributed by atoms with Gasteiger partial charge in [-0.3, -0.25) is 4.79 Å². The molecule has 0 aliphatic rings. The van der Waals surface area contributed by atoms with E-state index in [0.29, 0.717) is 13.0 Å².